The summed E-state index contributed by atoms with van der Waals surface area (Å²) in [6, 6.07) is 14.5. The predicted molar refractivity (Wildman–Crippen MR) is 136 cm³/mol. The Kier molecular flexibility index (Phi) is 8.18. The molecule has 1 saturated carbocycles. The van der Waals surface area contributed by atoms with Crippen molar-refractivity contribution in [2.45, 2.75) is 70.3 Å². The van der Waals surface area contributed by atoms with Crippen LogP contribution in [-0.4, -0.2) is 35.4 Å². The maximum atomic E-state index is 12.1. The number of aromatic nitrogens is 1. The highest BCUT2D eigenvalue weighted by atomic mass is 16.5. The number of carboxylic acid groups (broad SMARTS) is 1. The third-order valence-corrected chi connectivity index (χ3v) is 6.79. The molecule has 7 heteroatoms. The fourth-order valence-electron chi connectivity index (χ4n) is 4.67. The van der Waals surface area contributed by atoms with Crippen molar-refractivity contribution in [2.24, 2.45) is 0 Å². The number of nitrogens with zero attached hydrogens (tertiary/aromatic N) is 1. The average molecular weight is 494 g/mol. The third-order valence-electron chi connectivity index (χ3n) is 6.79. The highest BCUT2D eigenvalue weighted by Gasteiger charge is 2.36. The standard InChI is InChI=1S/C29H35NO6/c1-20-24(30-27(35-20)22-9-5-4-6-10-22)17-18-34-23-15-13-21(14-16-23)19-29(2,28(31)32)36-26-12-8-7-11-25(26)33-3/h7-8,11-16,22H,4-6,9-10,17-19H2,1-3H3,(H,31,32). The van der Waals surface area contributed by atoms with Crippen LogP contribution in [0.1, 0.15) is 67.9 Å². The first-order chi connectivity index (χ1) is 17.4. The predicted octanol–water partition coefficient (Wildman–Crippen LogP) is 6.13. The Morgan fingerprint density at radius 3 is 2.44 bits per heavy atom. The minimum atomic E-state index is -1.46. The Morgan fingerprint density at radius 1 is 1.08 bits per heavy atom. The van der Waals surface area contributed by atoms with Crippen LogP contribution in [0.3, 0.4) is 0 Å². The first-order valence-corrected chi connectivity index (χ1v) is 12.6. The lowest BCUT2D eigenvalue weighted by Gasteiger charge is -2.27. The zero-order valence-electron chi connectivity index (χ0n) is 21.3. The van der Waals surface area contributed by atoms with Gasteiger partial charge in [-0.15, -0.1) is 0 Å². The number of para-hydroxylation sites is 2. The minimum absolute atomic E-state index is 0.183. The van der Waals surface area contributed by atoms with Gasteiger partial charge in [-0.3, -0.25) is 0 Å². The van der Waals surface area contributed by atoms with Crippen molar-refractivity contribution in [3.63, 3.8) is 0 Å². The molecular weight excluding hydrogens is 458 g/mol. The van der Waals surface area contributed by atoms with Gasteiger partial charge < -0.3 is 23.7 Å². The van der Waals surface area contributed by atoms with Crippen LogP contribution in [0.4, 0.5) is 0 Å². The molecule has 7 nitrogen and oxygen atoms in total. The van der Waals surface area contributed by atoms with Crippen LogP contribution in [0.5, 0.6) is 17.2 Å². The van der Waals surface area contributed by atoms with Crippen molar-refractivity contribution in [3.05, 3.63) is 71.4 Å². The quantitative estimate of drug-likeness (QED) is 0.344. The van der Waals surface area contributed by atoms with Crippen LogP contribution >= 0.6 is 0 Å². The zero-order valence-corrected chi connectivity index (χ0v) is 21.3. The van der Waals surface area contributed by atoms with E-state index in [1.165, 1.54) is 26.4 Å². The van der Waals surface area contributed by atoms with Gasteiger partial charge in [-0.2, -0.15) is 0 Å². The number of hydrogen-bond donors (Lipinski definition) is 1. The summed E-state index contributed by atoms with van der Waals surface area (Å²) < 4.78 is 23.1. The average Bonchev–Trinajstić information content (AvgIpc) is 3.26. The second-order valence-electron chi connectivity index (χ2n) is 9.60. The summed E-state index contributed by atoms with van der Waals surface area (Å²) >= 11 is 0. The second kappa shape index (κ2) is 11.5. The molecule has 1 fully saturated rings. The summed E-state index contributed by atoms with van der Waals surface area (Å²) in [7, 11) is 1.53. The molecule has 1 aromatic heterocycles. The Morgan fingerprint density at radius 2 is 1.78 bits per heavy atom. The van der Waals surface area contributed by atoms with E-state index in [4.69, 9.17) is 23.6 Å². The van der Waals surface area contributed by atoms with Crippen molar-refractivity contribution in [3.8, 4) is 17.2 Å². The van der Waals surface area contributed by atoms with Gasteiger partial charge >= 0.3 is 5.97 Å². The highest BCUT2D eigenvalue weighted by Crippen LogP contribution is 2.33. The largest absolute Gasteiger partial charge is 0.493 e. The molecule has 1 aliphatic rings. The number of carbonyl (C=O) groups is 1. The van der Waals surface area contributed by atoms with E-state index in [1.807, 2.05) is 37.3 Å². The van der Waals surface area contributed by atoms with Gasteiger partial charge in [-0.25, -0.2) is 9.78 Å². The lowest BCUT2D eigenvalue weighted by Crippen LogP contribution is -2.43. The molecule has 0 spiro atoms. The molecule has 0 radical (unpaired) electrons. The molecule has 4 rings (SSSR count). The molecular formula is C29H35NO6. The van der Waals surface area contributed by atoms with E-state index in [0.717, 1.165) is 41.5 Å². The van der Waals surface area contributed by atoms with Crippen LogP contribution in [-0.2, 0) is 17.6 Å². The normalized spacial score (nSPS) is 15.8. The Hall–Kier alpha value is -3.48. The van der Waals surface area contributed by atoms with E-state index >= 15 is 0 Å². The van der Waals surface area contributed by atoms with E-state index in [9.17, 15) is 9.90 Å². The number of ether oxygens (including phenoxy) is 3. The molecule has 2 aromatic carbocycles. The number of methoxy groups -OCH3 is 1. The van der Waals surface area contributed by atoms with Gasteiger partial charge in [0.2, 0.25) is 5.60 Å². The summed E-state index contributed by atoms with van der Waals surface area (Å²) in [6.45, 7) is 4.02. The fourth-order valence-corrected chi connectivity index (χ4v) is 4.67. The van der Waals surface area contributed by atoms with Crippen LogP contribution in [0.15, 0.2) is 52.9 Å². The lowest BCUT2D eigenvalue weighted by molar-refractivity contribution is -0.153. The number of carboxylic acids is 1. The van der Waals surface area contributed by atoms with Crippen molar-refractivity contribution in [1.82, 2.24) is 4.98 Å². The molecule has 3 aromatic rings. The maximum Gasteiger partial charge on any atom is 0.348 e. The van der Waals surface area contributed by atoms with Gasteiger partial charge in [-0.1, -0.05) is 43.5 Å². The smallest absolute Gasteiger partial charge is 0.348 e. The molecule has 192 valence electrons. The number of oxazole rings is 1. The number of hydrogen-bond acceptors (Lipinski definition) is 6. The summed E-state index contributed by atoms with van der Waals surface area (Å²) in [5.41, 5.74) is 0.321. The second-order valence-corrected chi connectivity index (χ2v) is 9.60. The molecule has 1 atom stereocenters. The van der Waals surface area contributed by atoms with Gasteiger partial charge in [0.1, 0.15) is 11.5 Å². The summed E-state index contributed by atoms with van der Waals surface area (Å²) in [5, 5.41) is 9.90. The van der Waals surface area contributed by atoms with Crippen LogP contribution < -0.4 is 14.2 Å². The number of aryl methyl sites for hydroxylation is 1. The molecule has 0 bridgehead atoms. The maximum absolute atomic E-state index is 12.1. The van der Waals surface area contributed by atoms with Gasteiger partial charge in [0.25, 0.3) is 0 Å². The van der Waals surface area contributed by atoms with Crippen LogP contribution in [0.25, 0.3) is 0 Å². The molecule has 0 amide bonds. The van der Waals surface area contributed by atoms with E-state index in [0.29, 0.717) is 30.4 Å². The monoisotopic (exact) mass is 493 g/mol. The van der Waals surface area contributed by atoms with E-state index in [-0.39, 0.29) is 6.42 Å². The molecule has 1 unspecified atom stereocenters. The first kappa shape index (κ1) is 25.6. The van der Waals surface area contributed by atoms with Crippen LogP contribution in [0.2, 0.25) is 0 Å². The first-order valence-electron chi connectivity index (χ1n) is 12.6. The lowest BCUT2D eigenvalue weighted by atomic mass is 9.89. The topological polar surface area (TPSA) is 91.0 Å². The van der Waals surface area contributed by atoms with Crippen molar-refractivity contribution < 1.29 is 28.5 Å². The summed E-state index contributed by atoms with van der Waals surface area (Å²) in [4.78, 5) is 16.9. The van der Waals surface area contributed by atoms with Gasteiger partial charge in [-0.05, 0) is 56.5 Å². The summed E-state index contributed by atoms with van der Waals surface area (Å²) in [6.07, 6.45) is 6.98. The SMILES string of the molecule is COc1ccccc1OC(C)(Cc1ccc(OCCc2nc(C3CCCCC3)oc2C)cc1)C(=O)O. The molecule has 1 aliphatic carbocycles. The molecule has 1 heterocycles. The van der Waals surface area contributed by atoms with Gasteiger partial charge in [0, 0.05) is 18.8 Å². The molecule has 0 aliphatic heterocycles. The summed E-state index contributed by atoms with van der Waals surface area (Å²) in [5.74, 6) is 2.74. The Labute approximate surface area is 212 Å². The minimum Gasteiger partial charge on any atom is -0.493 e. The van der Waals surface area contributed by atoms with E-state index in [1.54, 1.807) is 25.1 Å². The number of aliphatic carboxylic acids is 1. The number of benzene rings is 2. The Bertz CT molecular complexity index is 1150. The van der Waals surface area contributed by atoms with E-state index in [2.05, 4.69) is 0 Å². The van der Waals surface area contributed by atoms with Crippen molar-refractivity contribution in [1.29, 1.82) is 0 Å². The molecule has 1 N–H and O–H groups in total. The molecule has 36 heavy (non-hydrogen) atoms. The number of rotatable bonds is 11. The third kappa shape index (κ3) is 6.20. The van der Waals surface area contributed by atoms with Crippen LogP contribution in [0, 0.1) is 6.92 Å². The van der Waals surface area contributed by atoms with Gasteiger partial charge in [0.15, 0.2) is 17.4 Å². The molecule has 0 saturated heterocycles. The van der Waals surface area contributed by atoms with Crippen molar-refractivity contribution in [2.75, 3.05) is 13.7 Å². The zero-order chi connectivity index (χ0) is 25.5. The fraction of sp³-hybridized carbons (Fsp3) is 0.448. The Balaban J connectivity index is 1.33. The van der Waals surface area contributed by atoms with E-state index < -0.39 is 11.6 Å². The van der Waals surface area contributed by atoms with Gasteiger partial charge in [0.05, 0.1) is 19.4 Å². The highest BCUT2D eigenvalue weighted by molar-refractivity contribution is 5.78. The van der Waals surface area contributed by atoms with Crippen molar-refractivity contribution >= 4 is 5.97 Å².